The number of anilines is 2. The van der Waals surface area contributed by atoms with E-state index in [0.717, 1.165) is 23.4 Å². The summed E-state index contributed by atoms with van der Waals surface area (Å²) < 4.78 is 26.1. The topological polar surface area (TPSA) is 52.6 Å². The van der Waals surface area contributed by atoms with Crippen molar-refractivity contribution in [2.75, 3.05) is 29.9 Å². The minimum Gasteiger partial charge on any atom is -0.324 e. The fraction of sp³-hybridized carbons (Fsp3) is 0.222. The number of urea groups is 1. The Balaban J connectivity index is 1.61. The zero-order valence-corrected chi connectivity index (χ0v) is 13.6. The molecule has 5 nitrogen and oxygen atoms in total. The van der Waals surface area contributed by atoms with Gasteiger partial charge < -0.3 is 10.2 Å². The third-order valence-electron chi connectivity index (χ3n) is 3.98. The fourth-order valence-corrected chi connectivity index (χ4v) is 2.64. The molecule has 1 N–H and O–H groups in total. The van der Waals surface area contributed by atoms with E-state index in [2.05, 4.69) is 5.32 Å². The summed E-state index contributed by atoms with van der Waals surface area (Å²) in [6.45, 7) is 2.71. The molecule has 1 fully saturated rings. The number of aryl methyl sites for hydroxylation is 1. The van der Waals surface area contributed by atoms with Gasteiger partial charge in [0.2, 0.25) is 5.91 Å². The van der Waals surface area contributed by atoms with Crippen LogP contribution in [0.4, 0.5) is 25.0 Å². The molecule has 0 aromatic heterocycles. The maximum absolute atomic E-state index is 13.2. The molecule has 130 valence electrons. The molecule has 0 bridgehead atoms. The molecule has 0 unspecified atom stereocenters. The molecule has 7 heteroatoms. The van der Waals surface area contributed by atoms with Gasteiger partial charge >= 0.3 is 6.03 Å². The molecule has 1 aliphatic heterocycles. The first-order valence-electron chi connectivity index (χ1n) is 7.82. The van der Waals surface area contributed by atoms with Crippen molar-refractivity contribution in [3.8, 4) is 0 Å². The second-order valence-corrected chi connectivity index (χ2v) is 5.87. The van der Waals surface area contributed by atoms with Crippen molar-refractivity contribution in [2.24, 2.45) is 0 Å². The lowest BCUT2D eigenvalue weighted by molar-refractivity contribution is -0.116. The number of halogens is 2. The number of carbonyl (C=O) groups is 2. The zero-order valence-electron chi connectivity index (χ0n) is 13.6. The molecule has 2 aromatic carbocycles. The Kier molecular flexibility index (Phi) is 4.65. The highest BCUT2D eigenvalue weighted by molar-refractivity contribution is 5.99. The van der Waals surface area contributed by atoms with E-state index in [-0.39, 0.29) is 18.3 Å². The lowest BCUT2D eigenvalue weighted by Crippen LogP contribution is -2.37. The standard InChI is InChI=1S/C18H17F2N3O2/c1-12-2-5-14(6-3-12)23-9-8-22(18(23)25)11-17(24)21-13-4-7-15(19)16(20)10-13/h2-7,10H,8-9,11H2,1H3,(H,21,24). The van der Waals surface area contributed by atoms with Crippen LogP contribution in [0.2, 0.25) is 0 Å². The maximum Gasteiger partial charge on any atom is 0.325 e. The van der Waals surface area contributed by atoms with Crippen LogP contribution >= 0.6 is 0 Å². The van der Waals surface area contributed by atoms with Gasteiger partial charge in [-0.2, -0.15) is 0 Å². The predicted molar refractivity (Wildman–Crippen MR) is 90.5 cm³/mol. The Labute approximate surface area is 143 Å². The van der Waals surface area contributed by atoms with Crippen LogP contribution in [0, 0.1) is 18.6 Å². The highest BCUT2D eigenvalue weighted by Crippen LogP contribution is 2.21. The molecule has 3 rings (SSSR count). The van der Waals surface area contributed by atoms with E-state index in [9.17, 15) is 18.4 Å². The highest BCUT2D eigenvalue weighted by Gasteiger charge is 2.30. The number of nitrogens with one attached hydrogen (secondary N) is 1. The lowest BCUT2D eigenvalue weighted by Gasteiger charge is -2.18. The number of hydrogen-bond donors (Lipinski definition) is 1. The zero-order chi connectivity index (χ0) is 18.0. The highest BCUT2D eigenvalue weighted by atomic mass is 19.2. The monoisotopic (exact) mass is 345 g/mol. The summed E-state index contributed by atoms with van der Waals surface area (Å²) in [4.78, 5) is 27.5. The van der Waals surface area contributed by atoms with Gasteiger partial charge in [0, 0.05) is 30.5 Å². The van der Waals surface area contributed by atoms with E-state index in [1.165, 1.54) is 11.0 Å². The number of hydrogen-bond acceptors (Lipinski definition) is 2. The summed E-state index contributed by atoms with van der Waals surface area (Å²) in [6.07, 6.45) is 0. The van der Waals surface area contributed by atoms with Gasteiger partial charge in [-0.25, -0.2) is 13.6 Å². The molecule has 1 aliphatic rings. The lowest BCUT2D eigenvalue weighted by atomic mass is 10.2. The molecule has 1 saturated heterocycles. The summed E-state index contributed by atoms with van der Waals surface area (Å²) >= 11 is 0. The van der Waals surface area contributed by atoms with Crippen molar-refractivity contribution in [2.45, 2.75) is 6.92 Å². The van der Waals surface area contributed by atoms with Crippen molar-refractivity contribution >= 4 is 23.3 Å². The second kappa shape index (κ2) is 6.88. The molecule has 25 heavy (non-hydrogen) atoms. The molecule has 3 amide bonds. The van der Waals surface area contributed by atoms with Crippen LogP contribution in [0.1, 0.15) is 5.56 Å². The molecule has 1 heterocycles. The molecule has 0 saturated carbocycles. The number of nitrogens with zero attached hydrogens (tertiary/aromatic N) is 2. The van der Waals surface area contributed by atoms with Crippen molar-refractivity contribution in [1.29, 1.82) is 0 Å². The van der Waals surface area contributed by atoms with Crippen LogP contribution in [0.15, 0.2) is 42.5 Å². The summed E-state index contributed by atoms with van der Waals surface area (Å²) in [7, 11) is 0. The van der Waals surface area contributed by atoms with Gasteiger partial charge in [0.05, 0.1) is 0 Å². The van der Waals surface area contributed by atoms with Crippen molar-refractivity contribution < 1.29 is 18.4 Å². The van der Waals surface area contributed by atoms with Gasteiger partial charge in [0.15, 0.2) is 11.6 Å². The average Bonchev–Trinajstić information content (AvgIpc) is 2.93. The summed E-state index contributed by atoms with van der Waals surface area (Å²) in [6, 6.07) is 10.4. The predicted octanol–water partition coefficient (Wildman–Crippen LogP) is 3.15. The quantitative estimate of drug-likeness (QED) is 0.925. The van der Waals surface area contributed by atoms with E-state index in [1.54, 1.807) is 4.90 Å². The Morgan fingerprint density at radius 1 is 1.08 bits per heavy atom. The molecule has 0 radical (unpaired) electrons. The van der Waals surface area contributed by atoms with E-state index in [4.69, 9.17) is 0 Å². The minimum atomic E-state index is -1.04. The van der Waals surface area contributed by atoms with Gasteiger partial charge in [-0.15, -0.1) is 0 Å². The number of amides is 3. The van der Waals surface area contributed by atoms with Crippen molar-refractivity contribution in [3.05, 3.63) is 59.7 Å². The van der Waals surface area contributed by atoms with Crippen molar-refractivity contribution in [3.63, 3.8) is 0 Å². The molecule has 0 spiro atoms. The van der Waals surface area contributed by atoms with E-state index in [1.807, 2.05) is 31.2 Å². The van der Waals surface area contributed by atoms with Gasteiger partial charge in [-0.3, -0.25) is 9.69 Å². The summed E-state index contributed by atoms with van der Waals surface area (Å²) in [5.41, 5.74) is 2.02. The second-order valence-electron chi connectivity index (χ2n) is 5.87. The largest absolute Gasteiger partial charge is 0.325 e. The Morgan fingerprint density at radius 2 is 1.80 bits per heavy atom. The fourth-order valence-electron chi connectivity index (χ4n) is 2.64. The Bertz CT molecular complexity index is 808. The molecule has 0 atom stereocenters. The Morgan fingerprint density at radius 3 is 2.48 bits per heavy atom. The van der Waals surface area contributed by atoms with Gasteiger partial charge in [-0.1, -0.05) is 17.7 Å². The first-order valence-corrected chi connectivity index (χ1v) is 7.82. The van der Waals surface area contributed by atoms with Gasteiger partial charge in [0.25, 0.3) is 0 Å². The van der Waals surface area contributed by atoms with Crippen LogP contribution < -0.4 is 10.2 Å². The number of carbonyl (C=O) groups excluding carboxylic acids is 2. The van der Waals surface area contributed by atoms with Crippen LogP contribution in [0.5, 0.6) is 0 Å². The third-order valence-corrected chi connectivity index (χ3v) is 3.98. The van der Waals surface area contributed by atoms with Gasteiger partial charge in [-0.05, 0) is 31.2 Å². The maximum atomic E-state index is 13.2. The first kappa shape index (κ1) is 16.9. The smallest absolute Gasteiger partial charge is 0.324 e. The first-order chi connectivity index (χ1) is 11.9. The Hall–Kier alpha value is -2.96. The third kappa shape index (κ3) is 3.76. The van der Waals surface area contributed by atoms with E-state index >= 15 is 0 Å². The SMILES string of the molecule is Cc1ccc(N2CCN(CC(=O)Nc3ccc(F)c(F)c3)C2=O)cc1. The van der Waals surface area contributed by atoms with Crippen LogP contribution in [0.3, 0.4) is 0 Å². The molecular formula is C18H17F2N3O2. The van der Waals surface area contributed by atoms with Crippen LogP contribution in [0.25, 0.3) is 0 Å². The van der Waals surface area contributed by atoms with Gasteiger partial charge in [0.1, 0.15) is 6.54 Å². The molecular weight excluding hydrogens is 328 g/mol. The van der Waals surface area contributed by atoms with E-state index in [0.29, 0.717) is 13.1 Å². The average molecular weight is 345 g/mol. The minimum absolute atomic E-state index is 0.144. The molecule has 0 aliphatic carbocycles. The van der Waals surface area contributed by atoms with Crippen LogP contribution in [-0.4, -0.2) is 36.5 Å². The number of benzene rings is 2. The van der Waals surface area contributed by atoms with Crippen LogP contribution in [-0.2, 0) is 4.79 Å². The summed E-state index contributed by atoms with van der Waals surface area (Å²) in [5.74, 6) is -2.49. The molecule has 2 aromatic rings. The van der Waals surface area contributed by atoms with E-state index < -0.39 is 17.5 Å². The number of rotatable bonds is 4. The van der Waals surface area contributed by atoms with Crippen molar-refractivity contribution in [1.82, 2.24) is 4.90 Å². The summed E-state index contributed by atoms with van der Waals surface area (Å²) in [5, 5.41) is 2.46. The normalized spacial score (nSPS) is 14.1.